The highest BCUT2D eigenvalue weighted by molar-refractivity contribution is 7.98. The van der Waals surface area contributed by atoms with Gasteiger partial charge in [0.15, 0.2) is 0 Å². The molecule has 1 rings (SSSR count). The van der Waals surface area contributed by atoms with E-state index < -0.39 is 0 Å². The molecule has 1 fully saturated rings. The van der Waals surface area contributed by atoms with Crippen LogP contribution in [0.4, 0.5) is 0 Å². The Morgan fingerprint density at radius 2 is 2.40 bits per heavy atom. The van der Waals surface area contributed by atoms with Gasteiger partial charge in [0.1, 0.15) is 0 Å². The first kappa shape index (κ1) is 12.8. The second kappa shape index (κ2) is 5.75. The summed E-state index contributed by atoms with van der Waals surface area (Å²) in [4.78, 5) is 12.0. The minimum Gasteiger partial charge on any atom is -0.352 e. The third-order valence-electron chi connectivity index (χ3n) is 3.00. The lowest BCUT2D eigenvalue weighted by Crippen LogP contribution is -2.53. The summed E-state index contributed by atoms with van der Waals surface area (Å²) in [5, 5.41) is 6.36. The Morgan fingerprint density at radius 3 is 2.93 bits per heavy atom. The predicted molar refractivity (Wildman–Crippen MR) is 66.2 cm³/mol. The van der Waals surface area contributed by atoms with Gasteiger partial charge in [0.2, 0.25) is 5.91 Å². The van der Waals surface area contributed by atoms with Gasteiger partial charge in [-0.2, -0.15) is 11.8 Å². The highest BCUT2D eigenvalue weighted by Gasteiger charge is 2.36. The van der Waals surface area contributed by atoms with Crippen molar-refractivity contribution in [3.05, 3.63) is 0 Å². The maximum Gasteiger partial charge on any atom is 0.240 e. The first-order valence-corrected chi connectivity index (χ1v) is 7.03. The van der Waals surface area contributed by atoms with Gasteiger partial charge in [-0.05, 0) is 51.7 Å². The Bertz CT molecular complexity index is 215. The van der Waals surface area contributed by atoms with Gasteiger partial charge in [-0.25, -0.2) is 0 Å². The summed E-state index contributed by atoms with van der Waals surface area (Å²) < 4.78 is 0. The van der Waals surface area contributed by atoms with E-state index in [1.807, 2.05) is 18.7 Å². The summed E-state index contributed by atoms with van der Waals surface area (Å²) in [6, 6.07) is 0.282. The summed E-state index contributed by atoms with van der Waals surface area (Å²) in [6.07, 6.45) is 5.19. The van der Waals surface area contributed by atoms with Crippen LogP contribution in [-0.2, 0) is 4.79 Å². The van der Waals surface area contributed by atoms with Gasteiger partial charge in [-0.15, -0.1) is 0 Å². The molecular weight excluding hydrogens is 208 g/mol. The lowest BCUT2D eigenvalue weighted by molar-refractivity contribution is -0.127. The number of rotatable bonds is 5. The Labute approximate surface area is 96.8 Å². The standard InChI is InChI=1S/C11H22N2OS/c1-9(5-8-15-3)13-10(14)11(2)6-4-7-12-11/h9,12H,4-8H2,1-3H3,(H,13,14). The van der Waals surface area contributed by atoms with Crippen LogP contribution in [-0.4, -0.2) is 36.0 Å². The SMILES string of the molecule is CSCCC(C)NC(=O)C1(C)CCCN1. The van der Waals surface area contributed by atoms with Gasteiger partial charge >= 0.3 is 0 Å². The second-order valence-corrected chi connectivity index (χ2v) is 5.50. The smallest absolute Gasteiger partial charge is 0.240 e. The quantitative estimate of drug-likeness (QED) is 0.750. The van der Waals surface area contributed by atoms with Crippen LogP contribution < -0.4 is 10.6 Å². The molecule has 2 unspecified atom stereocenters. The molecule has 0 bridgehead atoms. The highest BCUT2D eigenvalue weighted by Crippen LogP contribution is 2.18. The molecule has 1 heterocycles. The molecule has 0 aromatic carbocycles. The molecule has 1 saturated heterocycles. The van der Waals surface area contributed by atoms with Crippen LogP contribution in [0.5, 0.6) is 0 Å². The molecule has 3 nitrogen and oxygen atoms in total. The van der Waals surface area contributed by atoms with E-state index >= 15 is 0 Å². The van der Waals surface area contributed by atoms with E-state index in [1.54, 1.807) is 0 Å². The molecular formula is C11H22N2OS. The van der Waals surface area contributed by atoms with Gasteiger partial charge in [0.05, 0.1) is 5.54 Å². The van der Waals surface area contributed by atoms with Crippen LogP contribution in [0.1, 0.15) is 33.1 Å². The van der Waals surface area contributed by atoms with Crippen molar-refractivity contribution >= 4 is 17.7 Å². The van der Waals surface area contributed by atoms with Gasteiger partial charge in [-0.3, -0.25) is 4.79 Å². The van der Waals surface area contributed by atoms with Crippen molar-refractivity contribution in [2.24, 2.45) is 0 Å². The van der Waals surface area contributed by atoms with E-state index in [-0.39, 0.29) is 17.5 Å². The van der Waals surface area contributed by atoms with Crippen molar-refractivity contribution in [2.45, 2.75) is 44.7 Å². The number of hydrogen-bond donors (Lipinski definition) is 2. The zero-order valence-electron chi connectivity index (χ0n) is 9.93. The second-order valence-electron chi connectivity index (χ2n) is 4.52. The number of thioether (sulfide) groups is 1. The topological polar surface area (TPSA) is 41.1 Å². The number of nitrogens with one attached hydrogen (secondary N) is 2. The molecule has 1 aliphatic heterocycles. The number of carbonyl (C=O) groups excluding carboxylic acids is 1. The minimum atomic E-state index is -0.326. The first-order valence-electron chi connectivity index (χ1n) is 5.63. The summed E-state index contributed by atoms with van der Waals surface area (Å²) in [7, 11) is 0. The average Bonchev–Trinajstić information content (AvgIpc) is 2.63. The van der Waals surface area contributed by atoms with Crippen molar-refractivity contribution in [1.82, 2.24) is 10.6 Å². The fourth-order valence-corrected chi connectivity index (χ4v) is 2.43. The fourth-order valence-electron chi connectivity index (χ4n) is 1.84. The maximum absolute atomic E-state index is 12.0. The van der Waals surface area contributed by atoms with Crippen LogP contribution in [0.25, 0.3) is 0 Å². The van der Waals surface area contributed by atoms with Crippen LogP contribution in [0, 0.1) is 0 Å². The summed E-state index contributed by atoms with van der Waals surface area (Å²) >= 11 is 1.82. The molecule has 0 aliphatic carbocycles. The lowest BCUT2D eigenvalue weighted by atomic mass is 9.99. The third-order valence-corrected chi connectivity index (χ3v) is 3.65. The Kier molecular flexibility index (Phi) is 4.93. The molecule has 15 heavy (non-hydrogen) atoms. The van der Waals surface area contributed by atoms with Crippen LogP contribution in [0.2, 0.25) is 0 Å². The molecule has 88 valence electrons. The third kappa shape index (κ3) is 3.68. The molecule has 0 aromatic heterocycles. The first-order chi connectivity index (χ1) is 7.08. The molecule has 1 aliphatic rings. The molecule has 0 aromatic rings. The van der Waals surface area contributed by atoms with E-state index in [2.05, 4.69) is 23.8 Å². The van der Waals surface area contributed by atoms with Crippen LogP contribution in [0.3, 0.4) is 0 Å². The zero-order chi connectivity index (χ0) is 11.3. The van der Waals surface area contributed by atoms with Gasteiger partial charge in [0.25, 0.3) is 0 Å². The van der Waals surface area contributed by atoms with Crippen LogP contribution in [0.15, 0.2) is 0 Å². The van der Waals surface area contributed by atoms with E-state index in [4.69, 9.17) is 0 Å². The van der Waals surface area contributed by atoms with Gasteiger partial charge < -0.3 is 10.6 Å². The summed E-state index contributed by atoms with van der Waals surface area (Å²) in [6.45, 7) is 5.03. The maximum atomic E-state index is 12.0. The Balaban J connectivity index is 2.34. The summed E-state index contributed by atoms with van der Waals surface area (Å²) in [5.74, 6) is 1.26. The molecule has 0 radical (unpaired) electrons. The lowest BCUT2D eigenvalue weighted by Gasteiger charge is -2.25. The molecule has 2 atom stereocenters. The molecule has 0 saturated carbocycles. The van der Waals surface area contributed by atoms with Crippen molar-refractivity contribution in [1.29, 1.82) is 0 Å². The van der Waals surface area contributed by atoms with Crippen molar-refractivity contribution < 1.29 is 4.79 Å². The monoisotopic (exact) mass is 230 g/mol. The predicted octanol–water partition coefficient (Wildman–Crippen LogP) is 1.39. The number of amides is 1. The average molecular weight is 230 g/mol. The highest BCUT2D eigenvalue weighted by atomic mass is 32.2. The molecule has 2 N–H and O–H groups in total. The largest absolute Gasteiger partial charge is 0.352 e. The molecule has 4 heteroatoms. The van der Waals surface area contributed by atoms with E-state index in [0.717, 1.165) is 31.6 Å². The number of carbonyl (C=O) groups is 1. The van der Waals surface area contributed by atoms with E-state index in [9.17, 15) is 4.79 Å². The fraction of sp³-hybridized carbons (Fsp3) is 0.909. The molecule has 0 spiro atoms. The van der Waals surface area contributed by atoms with Gasteiger partial charge in [0, 0.05) is 6.04 Å². The van der Waals surface area contributed by atoms with Crippen molar-refractivity contribution in [3.8, 4) is 0 Å². The normalized spacial score (nSPS) is 27.7. The molecule has 1 amide bonds. The Morgan fingerprint density at radius 1 is 1.67 bits per heavy atom. The van der Waals surface area contributed by atoms with Crippen molar-refractivity contribution in [2.75, 3.05) is 18.6 Å². The van der Waals surface area contributed by atoms with Gasteiger partial charge in [-0.1, -0.05) is 0 Å². The Hall–Kier alpha value is -0.220. The number of hydrogen-bond acceptors (Lipinski definition) is 3. The zero-order valence-corrected chi connectivity index (χ0v) is 10.7. The summed E-state index contributed by atoms with van der Waals surface area (Å²) in [5.41, 5.74) is -0.326. The minimum absolute atomic E-state index is 0.161. The van der Waals surface area contributed by atoms with E-state index in [1.165, 1.54) is 0 Å². The van der Waals surface area contributed by atoms with Crippen molar-refractivity contribution in [3.63, 3.8) is 0 Å². The van der Waals surface area contributed by atoms with Crippen LogP contribution >= 0.6 is 11.8 Å². The van der Waals surface area contributed by atoms with E-state index in [0.29, 0.717) is 0 Å².